The Labute approximate surface area is 305 Å². The molecule has 0 bridgehead atoms. The van der Waals surface area contributed by atoms with E-state index in [0.717, 1.165) is 51.4 Å². The molecular formula is C32H53NaO9SSn. The summed E-state index contributed by atoms with van der Waals surface area (Å²) in [6.07, 6.45) is 6.74. The molecule has 0 aliphatic heterocycles. The Morgan fingerprint density at radius 3 is 1.43 bits per heavy atom. The van der Waals surface area contributed by atoms with E-state index < -0.39 is 33.7 Å². The van der Waals surface area contributed by atoms with E-state index in [1.54, 1.807) is 48.5 Å². The van der Waals surface area contributed by atoms with Gasteiger partial charge in [0, 0.05) is 0 Å². The topological polar surface area (TPSA) is 147 Å². The van der Waals surface area contributed by atoms with Crippen LogP contribution < -0.4 is 29.6 Å². The minimum absolute atomic E-state index is 0. The van der Waals surface area contributed by atoms with Crippen LogP contribution in [-0.4, -0.2) is 77.5 Å². The first-order valence-corrected chi connectivity index (χ1v) is 16.2. The third-order valence-electron chi connectivity index (χ3n) is 6.51. The Balaban J connectivity index is -0.000000401. The van der Waals surface area contributed by atoms with Crippen molar-refractivity contribution in [3.05, 3.63) is 60.7 Å². The third kappa shape index (κ3) is 24.9. The van der Waals surface area contributed by atoms with Gasteiger partial charge in [-0.3, -0.25) is 14.1 Å². The predicted molar refractivity (Wildman–Crippen MR) is 174 cm³/mol. The molecule has 0 saturated heterocycles. The fourth-order valence-electron chi connectivity index (χ4n) is 3.68. The van der Waals surface area contributed by atoms with E-state index >= 15 is 0 Å². The average molecular weight is 756 g/mol. The minimum atomic E-state index is -4.76. The number of esters is 2. The molecule has 3 unspecified atom stereocenters. The van der Waals surface area contributed by atoms with Gasteiger partial charge >= 0.3 is 65.4 Å². The van der Waals surface area contributed by atoms with Gasteiger partial charge in [0.15, 0.2) is 5.25 Å². The van der Waals surface area contributed by atoms with Gasteiger partial charge in [-0.05, 0) is 48.9 Å². The Kier molecular flexibility index (Phi) is 31.2. The molecule has 0 fully saturated rings. The van der Waals surface area contributed by atoms with Crippen molar-refractivity contribution in [1.82, 2.24) is 0 Å². The van der Waals surface area contributed by atoms with Crippen molar-refractivity contribution in [2.24, 2.45) is 11.8 Å². The van der Waals surface area contributed by atoms with Gasteiger partial charge in [-0.15, -0.1) is 0 Å². The Hall–Kier alpha value is -1.31. The molecule has 0 spiro atoms. The van der Waals surface area contributed by atoms with E-state index in [1.165, 1.54) is 0 Å². The molecule has 0 amide bonds. The summed E-state index contributed by atoms with van der Waals surface area (Å²) >= 11 is 0. The van der Waals surface area contributed by atoms with Gasteiger partial charge in [-0.1, -0.05) is 103 Å². The number of rotatable bonds is 16. The monoisotopic (exact) mass is 756 g/mol. The maximum absolute atomic E-state index is 12.2. The van der Waals surface area contributed by atoms with Gasteiger partial charge in [0.25, 0.3) is 10.1 Å². The molecule has 2 aromatic carbocycles. The zero-order chi connectivity index (χ0) is 31.8. The Morgan fingerprint density at radius 1 is 0.750 bits per heavy atom. The van der Waals surface area contributed by atoms with Crippen molar-refractivity contribution in [1.29, 1.82) is 0 Å². The molecule has 0 aliphatic carbocycles. The van der Waals surface area contributed by atoms with Crippen LogP contribution in [0.3, 0.4) is 0 Å². The van der Waals surface area contributed by atoms with Crippen molar-refractivity contribution < 1.29 is 73.2 Å². The van der Waals surface area contributed by atoms with Crippen LogP contribution in [0.5, 0.6) is 11.5 Å². The average Bonchev–Trinajstić information content (AvgIpc) is 2.97. The standard InChI is InChI=1S/C20H38O7S.2C6H6O.Na.Sn.3H/c1-5-9-11-16(7-3)14-26-19(21)13-18(28(23,24)25)20(22)27-15-17(8-4)12-10-6-2;2*7-6-4-2-1-3-5-6;;;;;/h16-18H,5-15H2,1-4H3,(H,23,24,25);2*1-5,7H;;;;;/q;;;+1;;;;-1. The first-order valence-electron chi connectivity index (χ1n) is 14.7. The molecule has 3 N–H and O–H groups in total. The number of unbranched alkanes of at least 4 members (excludes halogenated alkanes) is 2. The number of hydrogen-bond acceptors (Lipinski definition) is 8. The summed E-state index contributed by atoms with van der Waals surface area (Å²) in [5.41, 5.74) is 0. The van der Waals surface area contributed by atoms with Gasteiger partial charge in [0.1, 0.15) is 11.5 Å². The normalized spacial score (nSPS) is 12.2. The second-order valence-corrected chi connectivity index (χ2v) is 11.6. The number of ether oxygens (including phenoxy) is 2. The van der Waals surface area contributed by atoms with Crippen LogP contribution in [0.25, 0.3) is 0 Å². The molecule has 0 aliphatic rings. The molecule has 2 radical (unpaired) electrons. The van der Waals surface area contributed by atoms with Crippen molar-refractivity contribution in [2.45, 2.75) is 90.7 Å². The maximum atomic E-state index is 12.2. The van der Waals surface area contributed by atoms with Crippen LogP contribution in [0, 0.1) is 11.8 Å². The van der Waals surface area contributed by atoms with Crippen LogP contribution in [0.15, 0.2) is 60.7 Å². The summed E-state index contributed by atoms with van der Waals surface area (Å²) in [6.45, 7) is 8.35. The molecule has 2 rings (SSSR count). The van der Waals surface area contributed by atoms with E-state index in [-0.39, 0.29) is 79.9 Å². The zero-order valence-corrected chi connectivity index (χ0v) is 34.0. The summed E-state index contributed by atoms with van der Waals surface area (Å²) in [5, 5.41) is 15.3. The summed E-state index contributed by atoms with van der Waals surface area (Å²) in [4.78, 5) is 24.2. The number of phenolic OH excluding ortho intramolecular Hbond substituents is 2. The molecule has 2 aromatic rings. The summed E-state index contributed by atoms with van der Waals surface area (Å²) < 4.78 is 42.8. The van der Waals surface area contributed by atoms with Gasteiger partial charge < -0.3 is 21.1 Å². The number of phenols is 2. The third-order valence-corrected chi connectivity index (χ3v) is 7.59. The van der Waals surface area contributed by atoms with Crippen LogP contribution in [0.2, 0.25) is 0 Å². The van der Waals surface area contributed by atoms with Crippen LogP contribution in [-0.2, 0) is 29.2 Å². The summed E-state index contributed by atoms with van der Waals surface area (Å²) in [7, 11) is -4.76. The van der Waals surface area contributed by atoms with Gasteiger partial charge in [-0.2, -0.15) is 8.42 Å². The van der Waals surface area contributed by atoms with Crippen molar-refractivity contribution >= 4 is 46.0 Å². The Morgan fingerprint density at radius 2 is 1.14 bits per heavy atom. The molecule has 0 aromatic heterocycles. The SMILES string of the molecule is CCCCC(CC)COC(=O)CC(C(=O)OCC(CC)CCCC)S(=O)(=O)O.Oc1ccccc1.Oc1ccccc1.[H-].[Na+].[SnH2]. The molecule has 3 atom stereocenters. The first-order chi connectivity index (χ1) is 20.0. The molecule has 44 heavy (non-hydrogen) atoms. The first kappa shape index (κ1) is 47.1. The molecule has 246 valence electrons. The van der Waals surface area contributed by atoms with Crippen LogP contribution >= 0.6 is 0 Å². The number of carbonyl (C=O) groups excluding carboxylic acids is 2. The van der Waals surface area contributed by atoms with E-state index in [4.69, 9.17) is 19.7 Å². The fraction of sp³-hybridized carbons (Fsp3) is 0.562. The molecule has 12 heteroatoms. The van der Waals surface area contributed by atoms with Gasteiger partial charge in [-0.25, -0.2) is 0 Å². The van der Waals surface area contributed by atoms with Crippen LogP contribution in [0.4, 0.5) is 0 Å². The molecule has 9 nitrogen and oxygen atoms in total. The fourth-order valence-corrected chi connectivity index (χ4v) is 4.33. The molecular weight excluding hydrogens is 702 g/mol. The molecule has 0 heterocycles. The number of carbonyl (C=O) groups is 2. The van der Waals surface area contributed by atoms with E-state index in [1.807, 2.05) is 26.0 Å². The van der Waals surface area contributed by atoms with E-state index in [0.29, 0.717) is 11.5 Å². The van der Waals surface area contributed by atoms with Gasteiger partial charge in [0.2, 0.25) is 0 Å². The van der Waals surface area contributed by atoms with Crippen molar-refractivity contribution in [3.8, 4) is 11.5 Å². The second-order valence-electron chi connectivity index (χ2n) is 10.0. The summed E-state index contributed by atoms with van der Waals surface area (Å²) in [5.74, 6) is -0.962. The van der Waals surface area contributed by atoms with Crippen molar-refractivity contribution in [3.63, 3.8) is 0 Å². The number of aromatic hydroxyl groups is 2. The Bertz CT molecular complexity index is 1040. The van der Waals surface area contributed by atoms with E-state index in [9.17, 15) is 22.6 Å². The van der Waals surface area contributed by atoms with E-state index in [2.05, 4.69) is 13.8 Å². The number of para-hydroxylation sites is 2. The number of benzene rings is 2. The molecule has 0 saturated carbocycles. The summed E-state index contributed by atoms with van der Waals surface area (Å²) in [6, 6.07) is 17.4. The quantitative estimate of drug-likeness (QED) is 0.134. The van der Waals surface area contributed by atoms with Crippen molar-refractivity contribution in [2.75, 3.05) is 13.2 Å². The van der Waals surface area contributed by atoms with Gasteiger partial charge in [0.05, 0.1) is 19.6 Å². The predicted octanol–water partition coefficient (Wildman–Crippen LogP) is 3.14. The van der Waals surface area contributed by atoms with Crippen LogP contribution in [0.1, 0.15) is 86.9 Å². The second kappa shape index (κ2) is 29.1. The zero-order valence-electron chi connectivity index (χ0n) is 28.2. The number of hydrogen-bond donors (Lipinski definition) is 3.